The number of hydrogen-bond acceptors (Lipinski definition) is 2. The van der Waals surface area contributed by atoms with E-state index < -0.39 is 11.9 Å². The quantitative estimate of drug-likeness (QED) is 0.875. The standard InChI is InChI=1S/C17H24FNO2/c1-2-12-6-3-4-9-15(12)19-17(21)11-16(20)13-7-5-8-14(18)10-13/h5,7-8,10,12,15-16,20H,2-4,6,9,11H2,1H3,(H,19,21). The molecule has 0 heterocycles. The summed E-state index contributed by atoms with van der Waals surface area (Å²) >= 11 is 0. The summed E-state index contributed by atoms with van der Waals surface area (Å²) in [5.41, 5.74) is 0.445. The summed E-state index contributed by atoms with van der Waals surface area (Å²) in [7, 11) is 0. The molecule has 1 fully saturated rings. The molecule has 0 radical (unpaired) electrons. The molecule has 2 rings (SSSR count). The van der Waals surface area contributed by atoms with Crippen molar-refractivity contribution in [1.82, 2.24) is 5.32 Å². The van der Waals surface area contributed by atoms with Gasteiger partial charge in [-0.05, 0) is 36.5 Å². The van der Waals surface area contributed by atoms with E-state index >= 15 is 0 Å². The molecule has 2 N–H and O–H groups in total. The van der Waals surface area contributed by atoms with Gasteiger partial charge in [-0.15, -0.1) is 0 Å². The molecule has 1 saturated carbocycles. The molecule has 3 atom stereocenters. The van der Waals surface area contributed by atoms with Crippen molar-refractivity contribution in [2.75, 3.05) is 0 Å². The van der Waals surface area contributed by atoms with Crippen LogP contribution in [0.25, 0.3) is 0 Å². The molecule has 1 amide bonds. The average molecular weight is 293 g/mol. The van der Waals surface area contributed by atoms with Crippen molar-refractivity contribution in [2.45, 2.75) is 57.6 Å². The van der Waals surface area contributed by atoms with Gasteiger partial charge in [0.25, 0.3) is 0 Å². The van der Waals surface area contributed by atoms with Crippen LogP contribution in [-0.2, 0) is 4.79 Å². The summed E-state index contributed by atoms with van der Waals surface area (Å²) < 4.78 is 13.1. The number of rotatable bonds is 5. The zero-order valence-corrected chi connectivity index (χ0v) is 12.5. The van der Waals surface area contributed by atoms with E-state index in [1.165, 1.54) is 18.6 Å². The topological polar surface area (TPSA) is 49.3 Å². The van der Waals surface area contributed by atoms with Crippen LogP contribution in [0.3, 0.4) is 0 Å². The molecule has 0 aliphatic heterocycles. The number of aliphatic hydroxyl groups is 1. The van der Waals surface area contributed by atoms with Gasteiger partial charge in [-0.25, -0.2) is 4.39 Å². The summed E-state index contributed by atoms with van der Waals surface area (Å²) in [6, 6.07) is 5.99. The van der Waals surface area contributed by atoms with Gasteiger partial charge in [0.05, 0.1) is 12.5 Å². The third-order valence-electron chi connectivity index (χ3n) is 4.39. The van der Waals surface area contributed by atoms with E-state index in [0.717, 1.165) is 25.7 Å². The second-order valence-electron chi connectivity index (χ2n) is 5.90. The fourth-order valence-corrected chi connectivity index (χ4v) is 3.16. The first-order valence-electron chi connectivity index (χ1n) is 7.83. The molecule has 116 valence electrons. The molecular weight excluding hydrogens is 269 g/mol. The molecule has 0 bridgehead atoms. The van der Waals surface area contributed by atoms with Crippen molar-refractivity contribution in [2.24, 2.45) is 5.92 Å². The second-order valence-corrected chi connectivity index (χ2v) is 5.90. The minimum absolute atomic E-state index is 0.0175. The zero-order chi connectivity index (χ0) is 15.2. The average Bonchev–Trinajstić information content (AvgIpc) is 2.47. The van der Waals surface area contributed by atoms with Crippen molar-refractivity contribution in [3.63, 3.8) is 0 Å². The van der Waals surface area contributed by atoms with Crippen LogP contribution in [0, 0.1) is 11.7 Å². The van der Waals surface area contributed by atoms with Gasteiger partial charge < -0.3 is 10.4 Å². The highest BCUT2D eigenvalue weighted by molar-refractivity contribution is 5.77. The normalized spacial score (nSPS) is 23.6. The molecule has 3 nitrogen and oxygen atoms in total. The van der Waals surface area contributed by atoms with Gasteiger partial charge >= 0.3 is 0 Å². The third-order valence-corrected chi connectivity index (χ3v) is 4.39. The highest BCUT2D eigenvalue weighted by Crippen LogP contribution is 2.27. The number of aliphatic hydroxyl groups excluding tert-OH is 1. The highest BCUT2D eigenvalue weighted by atomic mass is 19.1. The zero-order valence-electron chi connectivity index (χ0n) is 12.5. The number of amides is 1. The van der Waals surface area contributed by atoms with Crippen molar-refractivity contribution in [3.8, 4) is 0 Å². The molecule has 1 aromatic carbocycles. The van der Waals surface area contributed by atoms with Crippen molar-refractivity contribution in [3.05, 3.63) is 35.6 Å². The first kappa shape index (κ1) is 16.0. The van der Waals surface area contributed by atoms with E-state index in [-0.39, 0.29) is 18.4 Å². The van der Waals surface area contributed by atoms with Crippen LogP contribution in [0.5, 0.6) is 0 Å². The molecule has 1 aliphatic rings. The van der Waals surface area contributed by atoms with Gasteiger partial charge in [-0.3, -0.25) is 4.79 Å². The lowest BCUT2D eigenvalue weighted by Gasteiger charge is -2.31. The van der Waals surface area contributed by atoms with Crippen molar-refractivity contribution < 1.29 is 14.3 Å². The number of benzene rings is 1. The lowest BCUT2D eigenvalue weighted by Crippen LogP contribution is -2.42. The predicted octanol–water partition coefficient (Wildman–Crippen LogP) is 3.33. The Morgan fingerprint density at radius 1 is 1.43 bits per heavy atom. The molecule has 1 aromatic rings. The molecule has 4 heteroatoms. The largest absolute Gasteiger partial charge is 0.388 e. The van der Waals surface area contributed by atoms with E-state index in [0.29, 0.717) is 11.5 Å². The third kappa shape index (κ3) is 4.53. The fraction of sp³-hybridized carbons (Fsp3) is 0.588. The van der Waals surface area contributed by atoms with Crippen LogP contribution in [-0.4, -0.2) is 17.1 Å². The maximum absolute atomic E-state index is 13.1. The van der Waals surface area contributed by atoms with Gasteiger partial charge in [-0.1, -0.05) is 38.3 Å². The van der Waals surface area contributed by atoms with Crippen LogP contribution in [0.4, 0.5) is 4.39 Å². The van der Waals surface area contributed by atoms with Crippen LogP contribution in [0.15, 0.2) is 24.3 Å². The van der Waals surface area contributed by atoms with Gasteiger partial charge in [0.15, 0.2) is 0 Å². The Balaban J connectivity index is 1.89. The minimum atomic E-state index is -0.954. The van der Waals surface area contributed by atoms with Crippen LogP contribution < -0.4 is 5.32 Å². The van der Waals surface area contributed by atoms with Gasteiger partial charge in [0.1, 0.15) is 5.82 Å². The molecule has 0 saturated heterocycles. The number of carbonyl (C=O) groups excluding carboxylic acids is 1. The number of halogens is 1. The fourth-order valence-electron chi connectivity index (χ4n) is 3.16. The van der Waals surface area contributed by atoms with E-state index in [2.05, 4.69) is 12.2 Å². The van der Waals surface area contributed by atoms with Crippen LogP contribution in [0.2, 0.25) is 0 Å². The van der Waals surface area contributed by atoms with E-state index in [1.54, 1.807) is 12.1 Å². The Kier molecular flexibility index (Phi) is 5.74. The Morgan fingerprint density at radius 3 is 2.90 bits per heavy atom. The second kappa shape index (κ2) is 7.55. The number of hydrogen-bond donors (Lipinski definition) is 2. The predicted molar refractivity (Wildman–Crippen MR) is 80.2 cm³/mol. The lowest BCUT2D eigenvalue weighted by molar-refractivity contribution is -0.124. The first-order chi connectivity index (χ1) is 10.1. The molecule has 0 spiro atoms. The van der Waals surface area contributed by atoms with Gasteiger partial charge in [-0.2, -0.15) is 0 Å². The van der Waals surface area contributed by atoms with E-state index in [4.69, 9.17) is 0 Å². The van der Waals surface area contributed by atoms with Crippen LogP contribution >= 0.6 is 0 Å². The number of carbonyl (C=O) groups is 1. The molecule has 0 aromatic heterocycles. The summed E-state index contributed by atoms with van der Waals surface area (Å²) in [5, 5.41) is 13.1. The molecule has 21 heavy (non-hydrogen) atoms. The minimum Gasteiger partial charge on any atom is -0.388 e. The van der Waals surface area contributed by atoms with E-state index in [1.807, 2.05) is 0 Å². The summed E-state index contributed by atoms with van der Waals surface area (Å²) in [6.07, 6.45) is 4.65. The van der Waals surface area contributed by atoms with Crippen molar-refractivity contribution >= 4 is 5.91 Å². The first-order valence-corrected chi connectivity index (χ1v) is 7.83. The number of nitrogens with one attached hydrogen (secondary N) is 1. The Bertz CT molecular complexity index is 478. The summed E-state index contributed by atoms with van der Waals surface area (Å²) in [5.74, 6) is -0.0172. The lowest BCUT2D eigenvalue weighted by atomic mass is 9.83. The molecule has 1 aliphatic carbocycles. The Morgan fingerprint density at radius 2 is 2.19 bits per heavy atom. The SMILES string of the molecule is CCC1CCCCC1NC(=O)CC(O)c1cccc(F)c1. The Hall–Kier alpha value is -1.42. The highest BCUT2D eigenvalue weighted by Gasteiger charge is 2.25. The van der Waals surface area contributed by atoms with Crippen molar-refractivity contribution in [1.29, 1.82) is 0 Å². The smallest absolute Gasteiger partial charge is 0.223 e. The maximum Gasteiger partial charge on any atom is 0.223 e. The van der Waals surface area contributed by atoms with Gasteiger partial charge in [0, 0.05) is 6.04 Å². The Labute approximate surface area is 125 Å². The van der Waals surface area contributed by atoms with Gasteiger partial charge in [0.2, 0.25) is 5.91 Å². The van der Waals surface area contributed by atoms with E-state index in [9.17, 15) is 14.3 Å². The summed E-state index contributed by atoms with van der Waals surface area (Å²) in [4.78, 5) is 12.1. The summed E-state index contributed by atoms with van der Waals surface area (Å²) in [6.45, 7) is 2.15. The molecule has 3 unspecified atom stereocenters. The monoisotopic (exact) mass is 293 g/mol. The van der Waals surface area contributed by atoms with Crippen LogP contribution in [0.1, 0.15) is 57.1 Å². The maximum atomic E-state index is 13.1. The molecular formula is C17H24FNO2.